The lowest BCUT2D eigenvalue weighted by Crippen LogP contribution is -2.51. The standard InChI is InChI=1S/C29H30F4N8OS/c30-14-8-29(6-1-7-41(29)10-14)13-42-28-38-22-18(26(39-28)40-11-15-2-3-16(12-40)36-15)9-35-21(20(22)25(32)33)17-4-5-19(31)24-23(17)37-27(34)43-24/h4-5,9,14-16,25,36H,1-3,6-8,10-13H2,(H2,34,37)/t14-,15?,16?,29+/m1/s1. The van der Waals surface area contributed by atoms with Crippen molar-refractivity contribution in [2.45, 2.75) is 62.3 Å². The van der Waals surface area contributed by atoms with E-state index in [1.807, 2.05) is 0 Å². The predicted molar refractivity (Wildman–Crippen MR) is 156 cm³/mol. The summed E-state index contributed by atoms with van der Waals surface area (Å²) in [6.45, 7) is 2.66. The van der Waals surface area contributed by atoms with Crippen molar-refractivity contribution < 1.29 is 22.3 Å². The summed E-state index contributed by atoms with van der Waals surface area (Å²) in [6, 6.07) is 3.11. The van der Waals surface area contributed by atoms with Crippen LogP contribution in [0.1, 0.15) is 44.1 Å². The number of rotatable bonds is 6. The van der Waals surface area contributed by atoms with E-state index in [-0.39, 0.29) is 56.8 Å². The Hall–Kier alpha value is -3.36. The summed E-state index contributed by atoms with van der Waals surface area (Å²) in [5, 5.41) is 4.09. The number of hydrogen-bond donors (Lipinski definition) is 2. The van der Waals surface area contributed by atoms with Gasteiger partial charge in [0.1, 0.15) is 24.4 Å². The Morgan fingerprint density at radius 1 is 1.12 bits per heavy atom. The van der Waals surface area contributed by atoms with Gasteiger partial charge in [-0.05, 0) is 44.4 Å². The second-order valence-electron chi connectivity index (χ2n) is 12.1. The highest BCUT2D eigenvalue weighted by Gasteiger charge is 2.49. The van der Waals surface area contributed by atoms with Crippen LogP contribution in [0.3, 0.4) is 0 Å². The Balaban J connectivity index is 1.28. The molecule has 4 aliphatic heterocycles. The second kappa shape index (κ2) is 10.1. The molecule has 2 bridgehead atoms. The number of fused-ring (bicyclic) bond motifs is 5. The summed E-state index contributed by atoms with van der Waals surface area (Å²) in [4.78, 5) is 22.3. The van der Waals surface area contributed by atoms with E-state index in [0.717, 1.165) is 43.6 Å². The van der Waals surface area contributed by atoms with E-state index in [9.17, 15) is 8.78 Å². The molecule has 7 heterocycles. The van der Waals surface area contributed by atoms with Crippen molar-refractivity contribution >= 4 is 43.4 Å². The third-order valence-electron chi connectivity index (χ3n) is 9.47. The maximum absolute atomic E-state index is 15.1. The number of piperazine rings is 1. The van der Waals surface area contributed by atoms with Crippen LogP contribution in [0, 0.1) is 5.82 Å². The highest BCUT2D eigenvalue weighted by atomic mass is 32.1. The largest absolute Gasteiger partial charge is 0.461 e. The van der Waals surface area contributed by atoms with Gasteiger partial charge in [-0.1, -0.05) is 11.3 Å². The van der Waals surface area contributed by atoms with Crippen molar-refractivity contribution in [2.24, 2.45) is 0 Å². The SMILES string of the molecule is Nc1nc2c(-c3ncc4c(N5CC6CCC(C5)N6)nc(OC[C@@]56CCCN5C[C@H](F)C6)nc4c3C(F)F)ccc(F)c2s1. The average molecular weight is 615 g/mol. The van der Waals surface area contributed by atoms with E-state index < -0.39 is 29.5 Å². The Labute approximate surface area is 248 Å². The maximum Gasteiger partial charge on any atom is 0.319 e. The van der Waals surface area contributed by atoms with Gasteiger partial charge in [-0.15, -0.1) is 0 Å². The van der Waals surface area contributed by atoms with Gasteiger partial charge in [-0.3, -0.25) is 9.88 Å². The van der Waals surface area contributed by atoms with Crippen LogP contribution in [0.5, 0.6) is 6.01 Å². The summed E-state index contributed by atoms with van der Waals surface area (Å²) in [5.74, 6) is -0.0548. The van der Waals surface area contributed by atoms with Crippen LogP contribution in [0.4, 0.5) is 28.5 Å². The number of ether oxygens (including phenoxy) is 1. The normalized spacial score (nSPS) is 27.2. The molecule has 4 aliphatic rings. The number of thiazole rings is 1. The summed E-state index contributed by atoms with van der Waals surface area (Å²) in [6.07, 6.45) is 1.76. The summed E-state index contributed by atoms with van der Waals surface area (Å²) in [5.41, 5.74) is 5.39. The number of alkyl halides is 3. The molecule has 9 nitrogen and oxygen atoms in total. The molecule has 0 aliphatic carbocycles. The van der Waals surface area contributed by atoms with Gasteiger partial charge in [-0.25, -0.2) is 22.5 Å². The lowest BCUT2D eigenvalue weighted by molar-refractivity contribution is 0.107. The van der Waals surface area contributed by atoms with Gasteiger partial charge in [-0.2, -0.15) is 9.97 Å². The van der Waals surface area contributed by atoms with Gasteiger partial charge in [0.05, 0.1) is 37.9 Å². The Kier molecular flexibility index (Phi) is 6.39. The first-order valence-electron chi connectivity index (χ1n) is 14.6. The highest BCUT2D eigenvalue weighted by molar-refractivity contribution is 7.22. The van der Waals surface area contributed by atoms with Crippen molar-refractivity contribution in [1.29, 1.82) is 0 Å². The number of anilines is 2. The molecule has 8 rings (SSSR count). The minimum atomic E-state index is -2.97. The summed E-state index contributed by atoms with van der Waals surface area (Å²) < 4.78 is 65.6. The molecular formula is C29H30F4N8OS. The first-order chi connectivity index (χ1) is 20.8. The molecule has 0 saturated carbocycles. The van der Waals surface area contributed by atoms with Crippen LogP contribution in [-0.4, -0.2) is 81.4 Å². The van der Waals surface area contributed by atoms with E-state index in [1.165, 1.54) is 18.3 Å². The molecular weight excluding hydrogens is 584 g/mol. The van der Waals surface area contributed by atoms with Crippen LogP contribution < -0.4 is 20.7 Å². The van der Waals surface area contributed by atoms with Crippen LogP contribution in [0.15, 0.2) is 18.3 Å². The highest BCUT2D eigenvalue weighted by Crippen LogP contribution is 2.43. The zero-order valence-electron chi connectivity index (χ0n) is 23.2. The number of hydrogen-bond acceptors (Lipinski definition) is 10. The number of nitrogens with one attached hydrogen (secondary N) is 1. The van der Waals surface area contributed by atoms with Crippen molar-refractivity contribution in [2.75, 3.05) is 43.4 Å². The van der Waals surface area contributed by atoms with Crippen LogP contribution in [0.2, 0.25) is 0 Å². The number of nitrogens with two attached hydrogens (primary N) is 1. The van der Waals surface area contributed by atoms with Gasteiger partial charge in [0.2, 0.25) is 0 Å². The van der Waals surface area contributed by atoms with Gasteiger partial charge in [0.15, 0.2) is 5.13 Å². The number of benzene rings is 1. The number of pyridine rings is 1. The molecule has 43 heavy (non-hydrogen) atoms. The molecule has 4 atom stereocenters. The molecule has 0 radical (unpaired) electrons. The number of halogens is 4. The topological polar surface area (TPSA) is 105 Å². The van der Waals surface area contributed by atoms with E-state index >= 15 is 8.78 Å². The third kappa shape index (κ3) is 4.48. The van der Waals surface area contributed by atoms with Crippen molar-refractivity contribution in [1.82, 2.24) is 30.2 Å². The first-order valence-corrected chi connectivity index (χ1v) is 15.5. The monoisotopic (exact) mass is 614 g/mol. The second-order valence-corrected chi connectivity index (χ2v) is 13.2. The number of aromatic nitrogens is 4. The number of nitrogens with zero attached hydrogens (tertiary/aromatic N) is 6. The smallest absolute Gasteiger partial charge is 0.319 e. The lowest BCUT2D eigenvalue weighted by Gasteiger charge is -2.34. The minimum Gasteiger partial charge on any atom is -0.461 e. The first kappa shape index (κ1) is 27.2. The molecule has 226 valence electrons. The average Bonchev–Trinajstić information content (AvgIpc) is 3.72. The fraction of sp³-hybridized carbons (Fsp3) is 0.517. The van der Waals surface area contributed by atoms with E-state index in [1.54, 1.807) is 0 Å². The molecule has 3 N–H and O–H groups in total. The summed E-state index contributed by atoms with van der Waals surface area (Å²) in [7, 11) is 0. The molecule has 0 amide bonds. The molecule has 1 aromatic carbocycles. The molecule has 14 heteroatoms. The molecule has 4 aromatic rings. The van der Waals surface area contributed by atoms with Crippen molar-refractivity contribution in [3.63, 3.8) is 0 Å². The fourth-order valence-corrected chi connectivity index (χ4v) is 8.36. The van der Waals surface area contributed by atoms with Crippen molar-refractivity contribution in [3.8, 4) is 17.3 Å². The van der Waals surface area contributed by atoms with Crippen molar-refractivity contribution in [3.05, 3.63) is 29.7 Å². The lowest BCUT2D eigenvalue weighted by atomic mass is 9.95. The van der Waals surface area contributed by atoms with Gasteiger partial charge in [0, 0.05) is 49.9 Å². The quantitative estimate of drug-likeness (QED) is 0.295. The molecule has 0 spiro atoms. The Morgan fingerprint density at radius 3 is 2.72 bits per heavy atom. The Morgan fingerprint density at radius 2 is 1.93 bits per heavy atom. The number of nitrogen functional groups attached to an aromatic ring is 1. The third-order valence-corrected chi connectivity index (χ3v) is 10.4. The fourth-order valence-electron chi connectivity index (χ4n) is 7.60. The van der Waals surface area contributed by atoms with Gasteiger partial charge >= 0.3 is 6.01 Å². The van der Waals surface area contributed by atoms with Crippen LogP contribution in [-0.2, 0) is 0 Å². The predicted octanol–water partition coefficient (Wildman–Crippen LogP) is 4.86. The molecule has 2 unspecified atom stereocenters. The van der Waals surface area contributed by atoms with Gasteiger partial charge in [0.25, 0.3) is 6.43 Å². The minimum absolute atomic E-state index is 0.0159. The Bertz CT molecular complexity index is 1730. The zero-order chi connectivity index (χ0) is 29.5. The maximum atomic E-state index is 15.1. The van der Waals surface area contributed by atoms with E-state index in [2.05, 4.69) is 30.1 Å². The summed E-state index contributed by atoms with van der Waals surface area (Å²) >= 11 is 0.949. The zero-order valence-corrected chi connectivity index (χ0v) is 24.0. The van der Waals surface area contributed by atoms with Gasteiger partial charge < -0.3 is 20.7 Å². The molecule has 4 saturated heterocycles. The van der Waals surface area contributed by atoms with Crippen LogP contribution >= 0.6 is 11.3 Å². The van der Waals surface area contributed by atoms with E-state index in [0.29, 0.717) is 37.3 Å². The molecule has 3 aromatic heterocycles. The molecule has 4 fully saturated rings. The van der Waals surface area contributed by atoms with Crippen LogP contribution in [0.25, 0.3) is 32.4 Å². The van der Waals surface area contributed by atoms with E-state index in [4.69, 9.17) is 15.5 Å².